The molecule has 1 N–H and O–H groups in total. The fraction of sp³-hybridized carbons (Fsp3) is 0.350. The lowest BCUT2D eigenvalue weighted by Gasteiger charge is -2.32. The number of hydrogen-bond acceptors (Lipinski definition) is 2. The van der Waals surface area contributed by atoms with Gasteiger partial charge in [-0.05, 0) is 67.7 Å². The predicted molar refractivity (Wildman–Crippen MR) is 103 cm³/mol. The summed E-state index contributed by atoms with van der Waals surface area (Å²) in [4.78, 5) is 2.31. The van der Waals surface area contributed by atoms with Gasteiger partial charge in [0.25, 0.3) is 0 Å². The number of ether oxygens (including phenoxy) is 1. The van der Waals surface area contributed by atoms with Crippen LogP contribution in [0, 0.1) is 5.92 Å². The molecule has 4 heteroatoms. The van der Waals surface area contributed by atoms with Crippen LogP contribution in [0.5, 0.6) is 5.75 Å². The Kier molecular flexibility index (Phi) is 5.36. The fourth-order valence-corrected chi connectivity index (χ4v) is 3.23. The van der Waals surface area contributed by atoms with E-state index in [2.05, 4.69) is 41.4 Å². The summed E-state index contributed by atoms with van der Waals surface area (Å²) in [5, 5.41) is 4.16. The van der Waals surface area contributed by atoms with E-state index < -0.39 is 0 Å². The Morgan fingerprint density at radius 1 is 1.17 bits per heavy atom. The van der Waals surface area contributed by atoms with Crippen molar-refractivity contribution in [3.8, 4) is 5.75 Å². The van der Waals surface area contributed by atoms with Crippen LogP contribution in [0.4, 0.5) is 5.69 Å². The first-order valence-corrected chi connectivity index (χ1v) is 8.84. The summed E-state index contributed by atoms with van der Waals surface area (Å²) in [6, 6.07) is 18.8. The topological polar surface area (TPSA) is 24.5 Å². The molecular weight excluding hydrogens is 316 g/mol. The van der Waals surface area contributed by atoms with Gasteiger partial charge >= 0.3 is 0 Å². The molecule has 0 unspecified atom stereocenters. The molecule has 3 nitrogen and oxygen atoms in total. The Labute approximate surface area is 149 Å². The Balaban J connectivity index is 1.72. The molecule has 24 heavy (non-hydrogen) atoms. The van der Waals surface area contributed by atoms with Crippen molar-refractivity contribution >= 4 is 23.0 Å². The Hall–Kier alpha value is -2.07. The molecule has 3 rings (SSSR count). The average Bonchev–Trinajstić information content (AvgIpc) is 3.46. The van der Waals surface area contributed by atoms with E-state index in [1.165, 1.54) is 18.4 Å². The van der Waals surface area contributed by atoms with Crippen molar-refractivity contribution in [1.29, 1.82) is 0 Å². The Morgan fingerprint density at radius 3 is 2.42 bits per heavy atom. The van der Waals surface area contributed by atoms with Crippen LogP contribution in [-0.4, -0.2) is 23.2 Å². The van der Waals surface area contributed by atoms with Gasteiger partial charge in [0, 0.05) is 18.3 Å². The van der Waals surface area contributed by atoms with Crippen LogP contribution in [0.2, 0.25) is 0 Å². The molecule has 0 aliphatic heterocycles. The van der Waals surface area contributed by atoms with Gasteiger partial charge in [-0.25, -0.2) is 0 Å². The maximum Gasteiger partial charge on any atom is 0.173 e. The second-order valence-corrected chi connectivity index (χ2v) is 6.74. The molecular formula is C20H24N2OS. The summed E-state index contributed by atoms with van der Waals surface area (Å²) in [6.45, 7) is 3.11. The van der Waals surface area contributed by atoms with Gasteiger partial charge in [-0.2, -0.15) is 0 Å². The van der Waals surface area contributed by atoms with Crippen LogP contribution in [0.1, 0.15) is 25.3 Å². The number of nitrogens with zero attached hydrogens (tertiary/aromatic N) is 1. The van der Waals surface area contributed by atoms with Crippen molar-refractivity contribution < 1.29 is 4.74 Å². The van der Waals surface area contributed by atoms with E-state index in [1.807, 2.05) is 30.3 Å². The standard InChI is InChI=1S/C20H24N2OS/c1-15(17-8-9-17)22(14-16-6-4-3-5-7-16)20(24)21-18-10-12-19(23-2)13-11-18/h3-7,10-13,15,17H,8-9,14H2,1-2H3,(H,21,24)/t15-/m1/s1. The van der Waals surface area contributed by atoms with Crippen molar-refractivity contribution in [2.24, 2.45) is 5.92 Å². The van der Waals surface area contributed by atoms with Crippen molar-refractivity contribution in [1.82, 2.24) is 4.90 Å². The van der Waals surface area contributed by atoms with Gasteiger partial charge in [-0.3, -0.25) is 0 Å². The molecule has 0 amide bonds. The van der Waals surface area contributed by atoms with Crippen molar-refractivity contribution in [3.63, 3.8) is 0 Å². The van der Waals surface area contributed by atoms with Crippen LogP contribution >= 0.6 is 12.2 Å². The van der Waals surface area contributed by atoms with Crippen molar-refractivity contribution in [2.75, 3.05) is 12.4 Å². The first-order valence-electron chi connectivity index (χ1n) is 8.43. The zero-order chi connectivity index (χ0) is 16.9. The summed E-state index contributed by atoms with van der Waals surface area (Å²) in [7, 11) is 1.67. The van der Waals surface area contributed by atoms with E-state index in [4.69, 9.17) is 17.0 Å². The molecule has 1 saturated carbocycles. The molecule has 1 atom stereocenters. The minimum absolute atomic E-state index is 0.448. The minimum atomic E-state index is 0.448. The second-order valence-electron chi connectivity index (χ2n) is 6.35. The molecule has 0 saturated heterocycles. The van der Waals surface area contributed by atoms with Gasteiger partial charge in [0.05, 0.1) is 7.11 Å². The highest BCUT2D eigenvalue weighted by Crippen LogP contribution is 2.36. The lowest BCUT2D eigenvalue weighted by atomic mass is 10.1. The van der Waals surface area contributed by atoms with Crippen LogP contribution in [0.3, 0.4) is 0 Å². The number of rotatable bonds is 6. The fourth-order valence-electron chi connectivity index (χ4n) is 2.88. The number of nitrogens with one attached hydrogen (secondary N) is 1. The third kappa shape index (κ3) is 4.26. The lowest BCUT2D eigenvalue weighted by molar-refractivity contribution is 0.298. The third-order valence-corrected chi connectivity index (χ3v) is 4.93. The highest BCUT2D eigenvalue weighted by molar-refractivity contribution is 7.80. The molecule has 0 radical (unpaired) electrons. The van der Waals surface area contributed by atoms with Crippen molar-refractivity contribution in [3.05, 3.63) is 60.2 Å². The molecule has 0 spiro atoms. The molecule has 0 bridgehead atoms. The zero-order valence-electron chi connectivity index (χ0n) is 14.2. The summed E-state index contributed by atoms with van der Waals surface area (Å²) >= 11 is 5.72. The first kappa shape index (κ1) is 16.8. The molecule has 1 fully saturated rings. The monoisotopic (exact) mass is 340 g/mol. The van der Waals surface area contributed by atoms with E-state index in [0.29, 0.717) is 6.04 Å². The maximum atomic E-state index is 5.72. The SMILES string of the molecule is COc1ccc(NC(=S)N(Cc2ccccc2)[C@H](C)C2CC2)cc1. The number of benzene rings is 2. The van der Waals surface area contributed by atoms with Gasteiger partial charge in [-0.1, -0.05) is 30.3 Å². The van der Waals surface area contributed by atoms with E-state index >= 15 is 0 Å². The minimum Gasteiger partial charge on any atom is -0.497 e. The van der Waals surface area contributed by atoms with Gasteiger partial charge in [0.15, 0.2) is 5.11 Å². The maximum absolute atomic E-state index is 5.72. The van der Waals surface area contributed by atoms with Crippen LogP contribution in [-0.2, 0) is 6.54 Å². The normalized spacial score (nSPS) is 14.8. The van der Waals surface area contributed by atoms with Crippen molar-refractivity contribution in [2.45, 2.75) is 32.4 Å². The summed E-state index contributed by atoms with van der Waals surface area (Å²) < 4.78 is 5.21. The van der Waals surface area contributed by atoms with Gasteiger partial charge in [0.2, 0.25) is 0 Å². The number of hydrogen-bond donors (Lipinski definition) is 1. The largest absolute Gasteiger partial charge is 0.497 e. The molecule has 1 aliphatic carbocycles. The van der Waals surface area contributed by atoms with E-state index in [1.54, 1.807) is 7.11 Å². The molecule has 2 aromatic carbocycles. The quantitative estimate of drug-likeness (QED) is 0.771. The van der Waals surface area contributed by atoms with Gasteiger partial charge in [0.1, 0.15) is 5.75 Å². The van der Waals surface area contributed by atoms with E-state index in [0.717, 1.165) is 29.0 Å². The summed E-state index contributed by atoms with van der Waals surface area (Å²) in [5.41, 5.74) is 2.27. The molecule has 0 aromatic heterocycles. The average molecular weight is 340 g/mol. The number of methoxy groups -OCH3 is 1. The number of anilines is 1. The first-order chi connectivity index (χ1) is 11.7. The summed E-state index contributed by atoms with van der Waals surface area (Å²) in [6.07, 6.45) is 2.61. The highest BCUT2D eigenvalue weighted by atomic mass is 32.1. The third-order valence-electron chi connectivity index (χ3n) is 4.59. The zero-order valence-corrected chi connectivity index (χ0v) is 15.1. The van der Waals surface area contributed by atoms with Crippen LogP contribution < -0.4 is 10.1 Å². The van der Waals surface area contributed by atoms with E-state index in [-0.39, 0.29) is 0 Å². The highest BCUT2D eigenvalue weighted by Gasteiger charge is 2.33. The van der Waals surface area contributed by atoms with Gasteiger partial charge in [-0.15, -0.1) is 0 Å². The molecule has 126 valence electrons. The van der Waals surface area contributed by atoms with E-state index in [9.17, 15) is 0 Å². The smallest absolute Gasteiger partial charge is 0.173 e. The molecule has 0 heterocycles. The Morgan fingerprint density at radius 2 is 1.83 bits per heavy atom. The molecule has 1 aliphatic rings. The summed E-state index contributed by atoms with van der Waals surface area (Å²) in [5.74, 6) is 1.60. The molecule has 2 aromatic rings. The van der Waals surface area contributed by atoms with Gasteiger partial charge < -0.3 is 15.0 Å². The van der Waals surface area contributed by atoms with Crippen LogP contribution in [0.25, 0.3) is 0 Å². The second kappa shape index (κ2) is 7.67. The predicted octanol–water partition coefficient (Wildman–Crippen LogP) is 4.69. The number of thiocarbonyl (C=S) groups is 1. The van der Waals surface area contributed by atoms with Crippen LogP contribution in [0.15, 0.2) is 54.6 Å². The lowest BCUT2D eigenvalue weighted by Crippen LogP contribution is -2.41. The Bertz CT molecular complexity index is 668.